The number of nitrogens with one attached hydrogen (secondary N) is 1. The first-order chi connectivity index (χ1) is 10.7. The van der Waals surface area contributed by atoms with E-state index in [4.69, 9.17) is 15.2 Å². The van der Waals surface area contributed by atoms with Crippen LogP contribution in [0.25, 0.3) is 0 Å². The highest BCUT2D eigenvalue weighted by Crippen LogP contribution is 2.31. The third-order valence-corrected chi connectivity index (χ3v) is 4.49. The number of hydrogen-bond acceptors (Lipinski definition) is 4. The number of carbonyl (C=O) groups excluding carboxylic acids is 1. The Morgan fingerprint density at radius 3 is 2.74 bits per heavy atom. The van der Waals surface area contributed by atoms with Gasteiger partial charge in [-0.05, 0) is 43.4 Å². The lowest BCUT2D eigenvalue weighted by Crippen LogP contribution is -2.36. The molecule has 1 aromatic carbocycles. The molecule has 1 saturated carbocycles. The van der Waals surface area contributed by atoms with Crippen molar-refractivity contribution in [3.63, 3.8) is 0 Å². The van der Waals surface area contributed by atoms with Crippen LogP contribution in [0.2, 0.25) is 0 Å². The van der Waals surface area contributed by atoms with Crippen LogP contribution in [0.5, 0.6) is 11.5 Å². The van der Waals surface area contributed by atoms with Crippen LogP contribution in [-0.4, -0.2) is 33.2 Å². The summed E-state index contributed by atoms with van der Waals surface area (Å²) in [5, 5.41) is 3.04. The van der Waals surface area contributed by atoms with Gasteiger partial charge in [0.15, 0.2) is 0 Å². The number of amides is 1. The van der Waals surface area contributed by atoms with Gasteiger partial charge in [0.05, 0.1) is 14.2 Å². The van der Waals surface area contributed by atoms with Crippen molar-refractivity contribution in [2.75, 3.05) is 27.3 Å². The van der Waals surface area contributed by atoms with E-state index < -0.39 is 0 Å². The van der Waals surface area contributed by atoms with Crippen LogP contribution in [0.3, 0.4) is 0 Å². The fraction of sp³-hybridized carbons (Fsp3) is 0.588. The standard InChI is InChI=1S/C17H26N2O3.ClH/c1-21-14-7-6-12(16(10-14)22-2)8-9-19-17(20)15-5-3-4-13(15)11-18;/h6-7,10,13,15H,3-5,8-9,11,18H2,1-2H3,(H,19,20);1H/t13-,15-;/m1./s1. The minimum absolute atomic E-state index is 0. The number of halogens is 1. The summed E-state index contributed by atoms with van der Waals surface area (Å²) >= 11 is 0. The Bertz CT molecular complexity index is 511. The Balaban J connectivity index is 0.00000264. The fourth-order valence-electron chi connectivity index (χ4n) is 3.17. The number of benzene rings is 1. The monoisotopic (exact) mass is 342 g/mol. The lowest BCUT2D eigenvalue weighted by molar-refractivity contribution is -0.125. The van der Waals surface area contributed by atoms with Crippen LogP contribution in [0.1, 0.15) is 24.8 Å². The van der Waals surface area contributed by atoms with Crippen molar-refractivity contribution in [2.45, 2.75) is 25.7 Å². The summed E-state index contributed by atoms with van der Waals surface area (Å²) in [5.41, 5.74) is 6.80. The summed E-state index contributed by atoms with van der Waals surface area (Å²) in [6, 6.07) is 5.74. The van der Waals surface area contributed by atoms with E-state index in [1.807, 2.05) is 18.2 Å². The van der Waals surface area contributed by atoms with E-state index in [2.05, 4.69) is 5.32 Å². The van der Waals surface area contributed by atoms with Gasteiger partial charge in [0.1, 0.15) is 11.5 Å². The number of rotatable bonds is 7. The van der Waals surface area contributed by atoms with Gasteiger partial charge in [-0.15, -0.1) is 12.4 Å². The first-order valence-electron chi connectivity index (χ1n) is 7.88. The van der Waals surface area contributed by atoms with Crippen molar-refractivity contribution in [1.29, 1.82) is 0 Å². The molecule has 0 spiro atoms. The van der Waals surface area contributed by atoms with Gasteiger partial charge in [0.2, 0.25) is 5.91 Å². The van der Waals surface area contributed by atoms with E-state index in [1.165, 1.54) is 0 Å². The molecule has 0 aliphatic heterocycles. The summed E-state index contributed by atoms with van der Waals surface area (Å²) in [7, 11) is 3.27. The highest BCUT2D eigenvalue weighted by Gasteiger charge is 2.31. The minimum atomic E-state index is 0. The van der Waals surface area contributed by atoms with Crippen molar-refractivity contribution in [3.05, 3.63) is 23.8 Å². The molecular weight excluding hydrogens is 316 g/mol. The molecule has 1 amide bonds. The zero-order chi connectivity index (χ0) is 15.9. The molecule has 1 aliphatic carbocycles. The highest BCUT2D eigenvalue weighted by molar-refractivity contribution is 5.85. The van der Waals surface area contributed by atoms with Crippen LogP contribution < -0.4 is 20.5 Å². The average molecular weight is 343 g/mol. The maximum absolute atomic E-state index is 12.2. The number of methoxy groups -OCH3 is 2. The summed E-state index contributed by atoms with van der Waals surface area (Å²) < 4.78 is 10.6. The Morgan fingerprint density at radius 1 is 1.30 bits per heavy atom. The first kappa shape index (κ1) is 19.6. The smallest absolute Gasteiger partial charge is 0.223 e. The van der Waals surface area contributed by atoms with Crippen LogP contribution >= 0.6 is 12.4 Å². The number of nitrogens with two attached hydrogens (primary N) is 1. The predicted octanol–water partition coefficient (Wildman–Crippen LogP) is 2.16. The lowest BCUT2D eigenvalue weighted by atomic mass is 9.95. The van der Waals surface area contributed by atoms with Gasteiger partial charge in [-0.1, -0.05) is 12.5 Å². The van der Waals surface area contributed by atoms with E-state index in [0.29, 0.717) is 19.0 Å². The lowest BCUT2D eigenvalue weighted by Gasteiger charge is -2.17. The van der Waals surface area contributed by atoms with Crippen LogP contribution in [-0.2, 0) is 11.2 Å². The van der Waals surface area contributed by atoms with Gasteiger partial charge >= 0.3 is 0 Å². The van der Waals surface area contributed by atoms with Crippen molar-refractivity contribution in [3.8, 4) is 11.5 Å². The molecule has 2 rings (SSSR count). The molecule has 1 fully saturated rings. The molecule has 23 heavy (non-hydrogen) atoms. The van der Waals surface area contributed by atoms with E-state index in [0.717, 1.165) is 42.7 Å². The normalized spacial score (nSPS) is 19.8. The zero-order valence-corrected chi connectivity index (χ0v) is 14.7. The van der Waals surface area contributed by atoms with E-state index in [1.54, 1.807) is 14.2 Å². The summed E-state index contributed by atoms with van der Waals surface area (Å²) in [4.78, 5) is 12.2. The van der Waals surface area contributed by atoms with Gasteiger partial charge in [-0.3, -0.25) is 4.79 Å². The second kappa shape index (κ2) is 9.63. The SMILES string of the molecule is COc1ccc(CCNC(=O)[C@@H]2CCC[C@@H]2CN)c(OC)c1.Cl. The van der Waals surface area contributed by atoms with Gasteiger partial charge in [0.25, 0.3) is 0 Å². The van der Waals surface area contributed by atoms with Gasteiger partial charge in [0, 0.05) is 18.5 Å². The third-order valence-electron chi connectivity index (χ3n) is 4.49. The summed E-state index contributed by atoms with van der Waals surface area (Å²) in [6.45, 7) is 1.21. The second-order valence-electron chi connectivity index (χ2n) is 5.75. The maximum Gasteiger partial charge on any atom is 0.223 e. The Morgan fingerprint density at radius 2 is 2.09 bits per heavy atom. The molecule has 1 aromatic rings. The minimum Gasteiger partial charge on any atom is -0.497 e. The van der Waals surface area contributed by atoms with Crippen LogP contribution in [0.4, 0.5) is 0 Å². The molecule has 0 saturated heterocycles. The van der Waals surface area contributed by atoms with Crippen LogP contribution in [0, 0.1) is 11.8 Å². The molecule has 6 heteroatoms. The van der Waals surface area contributed by atoms with Gasteiger partial charge in [-0.2, -0.15) is 0 Å². The Hall–Kier alpha value is -1.46. The third kappa shape index (κ3) is 5.01. The number of carbonyl (C=O) groups is 1. The predicted molar refractivity (Wildman–Crippen MR) is 93.4 cm³/mol. The maximum atomic E-state index is 12.2. The van der Waals surface area contributed by atoms with Crippen molar-refractivity contribution in [2.24, 2.45) is 17.6 Å². The summed E-state index contributed by atoms with van der Waals surface area (Å²) in [5.74, 6) is 2.12. The molecule has 3 N–H and O–H groups in total. The van der Waals surface area contributed by atoms with Gasteiger partial charge < -0.3 is 20.5 Å². The number of ether oxygens (including phenoxy) is 2. The van der Waals surface area contributed by atoms with Crippen molar-refractivity contribution < 1.29 is 14.3 Å². The highest BCUT2D eigenvalue weighted by atomic mass is 35.5. The Kier molecular flexibility index (Phi) is 8.20. The van der Waals surface area contributed by atoms with Crippen molar-refractivity contribution in [1.82, 2.24) is 5.32 Å². The molecule has 2 atom stereocenters. The largest absolute Gasteiger partial charge is 0.497 e. The Labute approximate surface area is 144 Å². The second-order valence-corrected chi connectivity index (χ2v) is 5.75. The summed E-state index contributed by atoms with van der Waals surface area (Å²) in [6.07, 6.45) is 3.87. The quantitative estimate of drug-likeness (QED) is 0.796. The molecule has 5 nitrogen and oxygen atoms in total. The fourth-order valence-corrected chi connectivity index (χ4v) is 3.17. The molecule has 0 radical (unpaired) electrons. The van der Waals surface area contributed by atoms with E-state index in [9.17, 15) is 4.79 Å². The molecule has 0 heterocycles. The average Bonchev–Trinajstić information content (AvgIpc) is 3.03. The molecule has 0 aromatic heterocycles. The molecule has 130 valence electrons. The molecular formula is C17H27ClN2O3. The zero-order valence-electron chi connectivity index (χ0n) is 13.8. The molecule has 1 aliphatic rings. The van der Waals surface area contributed by atoms with Crippen LogP contribution in [0.15, 0.2) is 18.2 Å². The molecule has 0 bridgehead atoms. The first-order valence-corrected chi connectivity index (χ1v) is 7.88. The van der Waals surface area contributed by atoms with Gasteiger partial charge in [-0.25, -0.2) is 0 Å². The number of hydrogen-bond donors (Lipinski definition) is 2. The van der Waals surface area contributed by atoms with Crippen molar-refractivity contribution >= 4 is 18.3 Å². The van der Waals surface area contributed by atoms with E-state index >= 15 is 0 Å². The topological polar surface area (TPSA) is 73.6 Å². The van der Waals surface area contributed by atoms with E-state index in [-0.39, 0.29) is 24.2 Å². The molecule has 0 unspecified atom stereocenters.